The number of nitrogens with one attached hydrogen (secondary N) is 1. The molecule has 126 valence electrons. The van der Waals surface area contributed by atoms with Crippen molar-refractivity contribution in [3.05, 3.63) is 35.5 Å². The second-order valence-electron chi connectivity index (χ2n) is 4.78. The molecule has 9 heteroatoms. The number of nitrogens with zero attached hydrogens (tertiary/aromatic N) is 1. The van der Waals surface area contributed by atoms with Gasteiger partial charge in [-0.05, 0) is 13.0 Å². The van der Waals surface area contributed by atoms with Crippen molar-refractivity contribution < 1.29 is 28.2 Å². The zero-order valence-electron chi connectivity index (χ0n) is 11.9. The maximum atomic E-state index is 13.0. The van der Waals surface area contributed by atoms with Gasteiger partial charge in [-0.3, -0.25) is 4.98 Å². The smallest absolute Gasteiger partial charge is 0.418 e. The van der Waals surface area contributed by atoms with E-state index in [1.165, 1.54) is 19.1 Å². The van der Waals surface area contributed by atoms with Crippen molar-refractivity contribution in [1.82, 2.24) is 4.98 Å². The quantitative estimate of drug-likeness (QED) is 0.789. The van der Waals surface area contributed by atoms with Crippen molar-refractivity contribution in [2.24, 2.45) is 0 Å². The average molecular weight is 351 g/mol. The number of aromatic carboxylic acids is 1. The molecule has 1 unspecified atom stereocenters. The van der Waals surface area contributed by atoms with Crippen LogP contribution in [0.3, 0.4) is 0 Å². The zero-order chi connectivity index (χ0) is 16.5. The van der Waals surface area contributed by atoms with Crippen LogP contribution in [0.4, 0.5) is 18.9 Å². The fourth-order valence-corrected chi connectivity index (χ4v) is 2.05. The van der Waals surface area contributed by atoms with Crippen molar-refractivity contribution in [2.45, 2.75) is 19.2 Å². The molecule has 3 N–H and O–H groups in total. The Labute approximate surface area is 135 Å². The van der Waals surface area contributed by atoms with Gasteiger partial charge in [0.1, 0.15) is 5.56 Å². The van der Waals surface area contributed by atoms with E-state index >= 15 is 0 Å². The van der Waals surface area contributed by atoms with Gasteiger partial charge in [-0.25, -0.2) is 4.79 Å². The minimum absolute atomic E-state index is 0. The van der Waals surface area contributed by atoms with Gasteiger partial charge in [0.15, 0.2) is 0 Å². The molecule has 0 saturated carbocycles. The Balaban J connectivity index is 0.00000264. The third kappa shape index (κ3) is 4.02. The highest BCUT2D eigenvalue weighted by atomic mass is 35.5. The summed E-state index contributed by atoms with van der Waals surface area (Å²) in [4.78, 5) is 14.9. The molecule has 0 aliphatic heterocycles. The number of carboxylic acids is 1. The molecule has 0 radical (unpaired) electrons. The first kappa shape index (κ1) is 19.0. The van der Waals surface area contributed by atoms with Crippen molar-refractivity contribution in [1.29, 1.82) is 0 Å². The fraction of sp³-hybridized carbons (Fsp3) is 0.286. The first-order valence-corrected chi connectivity index (χ1v) is 6.36. The van der Waals surface area contributed by atoms with Gasteiger partial charge < -0.3 is 15.5 Å². The van der Waals surface area contributed by atoms with E-state index in [1.54, 1.807) is 0 Å². The lowest BCUT2D eigenvalue weighted by molar-refractivity contribution is -0.136. The van der Waals surface area contributed by atoms with Gasteiger partial charge in [0.2, 0.25) is 0 Å². The highest BCUT2D eigenvalue weighted by Crippen LogP contribution is 2.36. The molecule has 0 fully saturated rings. The van der Waals surface area contributed by atoms with E-state index in [-0.39, 0.29) is 41.1 Å². The highest BCUT2D eigenvalue weighted by Gasteiger charge is 2.33. The van der Waals surface area contributed by atoms with Crippen LogP contribution in [0.1, 0.15) is 22.8 Å². The molecular formula is C14H14ClF3N2O3. The molecule has 2 aromatic rings. The largest absolute Gasteiger partial charge is 0.478 e. The van der Waals surface area contributed by atoms with Crippen LogP contribution >= 0.6 is 12.4 Å². The Morgan fingerprint density at radius 1 is 1.39 bits per heavy atom. The van der Waals surface area contributed by atoms with Crippen LogP contribution in [0.15, 0.2) is 24.4 Å². The molecule has 1 aromatic carbocycles. The average Bonchev–Trinajstić information content (AvgIpc) is 2.42. The van der Waals surface area contributed by atoms with Gasteiger partial charge in [0.25, 0.3) is 0 Å². The van der Waals surface area contributed by atoms with Crippen molar-refractivity contribution >= 4 is 35.0 Å². The van der Waals surface area contributed by atoms with Crippen LogP contribution in [-0.2, 0) is 6.18 Å². The first-order chi connectivity index (χ1) is 10.2. The lowest BCUT2D eigenvalue weighted by atomic mass is 10.0. The number of anilines is 1. The predicted octanol–water partition coefficient (Wildman–Crippen LogP) is 3.17. The molecule has 5 nitrogen and oxygen atoms in total. The third-order valence-corrected chi connectivity index (χ3v) is 3.01. The van der Waals surface area contributed by atoms with Gasteiger partial charge in [-0.1, -0.05) is 12.1 Å². The zero-order valence-corrected chi connectivity index (χ0v) is 12.7. The summed E-state index contributed by atoms with van der Waals surface area (Å²) >= 11 is 0. The number of benzene rings is 1. The van der Waals surface area contributed by atoms with Crippen LogP contribution in [-0.4, -0.2) is 33.8 Å². The van der Waals surface area contributed by atoms with Crippen LogP contribution in [0.25, 0.3) is 10.9 Å². The summed E-state index contributed by atoms with van der Waals surface area (Å²) < 4.78 is 39.0. The van der Waals surface area contributed by atoms with Crippen molar-refractivity contribution in [2.75, 3.05) is 11.9 Å². The molecule has 1 atom stereocenters. The molecule has 1 aromatic heterocycles. The van der Waals surface area contributed by atoms with Gasteiger partial charge in [0, 0.05) is 18.1 Å². The van der Waals surface area contributed by atoms with E-state index in [4.69, 9.17) is 5.11 Å². The van der Waals surface area contributed by atoms with Crippen LogP contribution in [0, 0.1) is 0 Å². The third-order valence-electron chi connectivity index (χ3n) is 3.01. The molecule has 0 bridgehead atoms. The van der Waals surface area contributed by atoms with Gasteiger partial charge in [0.05, 0.1) is 22.9 Å². The number of alkyl halides is 3. The van der Waals surface area contributed by atoms with E-state index < -0.39 is 23.8 Å². The summed E-state index contributed by atoms with van der Waals surface area (Å²) in [5.74, 6) is -1.32. The SMILES string of the molecule is CC(O)CNc1c(C(=O)O)cnc2c(C(F)(F)F)cccc12.Cl. The number of aliphatic hydroxyl groups excluding tert-OH is 1. The maximum absolute atomic E-state index is 13.0. The number of carbonyl (C=O) groups is 1. The molecule has 0 saturated heterocycles. The number of aliphatic hydroxyl groups is 1. The summed E-state index contributed by atoms with van der Waals surface area (Å²) in [6.07, 6.45) is -4.51. The molecule has 0 spiro atoms. The molecule has 2 rings (SSSR count). The monoisotopic (exact) mass is 350 g/mol. The topological polar surface area (TPSA) is 82.5 Å². The number of carboxylic acid groups (broad SMARTS) is 1. The second kappa shape index (κ2) is 7.01. The summed E-state index contributed by atoms with van der Waals surface area (Å²) in [6.45, 7) is 1.47. The number of para-hydroxylation sites is 1. The summed E-state index contributed by atoms with van der Waals surface area (Å²) in [5, 5.41) is 21.2. The number of aromatic nitrogens is 1. The Kier molecular flexibility index (Phi) is 5.79. The molecular weight excluding hydrogens is 337 g/mol. The first-order valence-electron chi connectivity index (χ1n) is 6.36. The number of pyridine rings is 1. The van der Waals surface area contributed by atoms with E-state index in [0.717, 1.165) is 12.3 Å². The van der Waals surface area contributed by atoms with Crippen LogP contribution in [0.5, 0.6) is 0 Å². The maximum Gasteiger partial charge on any atom is 0.418 e. The standard InChI is InChI=1S/C14H13F3N2O3.ClH/c1-7(20)5-18-11-8-3-2-4-10(14(15,16)17)12(8)19-6-9(11)13(21)22;/h2-4,6-7,20H,5H2,1H3,(H,18,19)(H,21,22);1H. The molecule has 0 aliphatic rings. The van der Waals surface area contributed by atoms with Gasteiger partial charge in [-0.15, -0.1) is 12.4 Å². The molecule has 23 heavy (non-hydrogen) atoms. The molecule has 0 amide bonds. The summed E-state index contributed by atoms with van der Waals surface area (Å²) in [7, 11) is 0. The molecule has 0 aliphatic carbocycles. The second-order valence-corrected chi connectivity index (χ2v) is 4.78. The highest BCUT2D eigenvalue weighted by molar-refractivity contribution is 6.05. The van der Waals surface area contributed by atoms with E-state index in [0.29, 0.717) is 0 Å². The Bertz CT molecular complexity index is 720. The number of fused-ring (bicyclic) bond motifs is 1. The number of rotatable bonds is 4. The number of halogens is 4. The Morgan fingerprint density at radius 2 is 2.04 bits per heavy atom. The van der Waals surface area contributed by atoms with E-state index in [1.807, 2.05) is 0 Å². The lowest BCUT2D eigenvalue weighted by Gasteiger charge is -2.16. The van der Waals surface area contributed by atoms with Gasteiger partial charge >= 0.3 is 12.1 Å². The molecule has 1 heterocycles. The fourth-order valence-electron chi connectivity index (χ4n) is 2.05. The van der Waals surface area contributed by atoms with Crippen molar-refractivity contribution in [3.63, 3.8) is 0 Å². The lowest BCUT2D eigenvalue weighted by Crippen LogP contribution is -2.18. The Morgan fingerprint density at radius 3 is 2.57 bits per heavy atom. The van der Waals surface area contributed by atoms with E-state index in [2.05, 4.69) is 10.3 Å². The number of hydrogen-bond donors (Lipinski definition) is 3. The van der Waals surface area contributed by atoms with Crippen LogP contribution < -0.4 is 5.32 Å². The van der Waals surface area contributed by atoms with Crippen LogP contribution in [0.2, 0.25) is 0 Å². The predicted molar refractivity (Wildman–Crippen MR) is 81.1 cm³/mol. The number of hydrogen-bond acceptors (Lipinski definition) is 4. The normalized spacial score (nSPS) is 12.6. The summed E-state index contributed by atoms with van der Waals surface area (Å²) in [5.41, 5.74) is -1.54. The van der Waals surface area contributed by atoms with Gasteiger partial charge in [-0.2, -0.15) is 13.2 Å². The Hall–Kier alpha value is -2.06. The summed E-state index contributed by atoms with van der Waals surface area (Å²) in [6, 6.07) is 3.43. The van der Waals surface area contributed by atoms with E-state index in [9.17, 15) is 23.1 Å². The minimum Gasteiger partial charge on any atom is -0.478 e. The van der Waals surface area contributed by atoms with Crippen molar-refractivity contribution in [3.8, 4) is 0 Å². The minimum atomic E-state index is -4.60.